The van der Waals surface area contributed by atoms with E-state index in [0.717, 1.165) is 11.3 Å². The number of thiophene rings is 1. The van der Waals surface area contributed by atoms with Gasteiger partial charge in [-0.2, -0.15) is 0 Å². The number of carboxylic acid groups (broad SMARTS) is 1. The summed E-state index contributed by atoms with van der Waals surface area (Å²) >= 11 is 1.01. The van der Waals surface area contributed by atoms with E-state index in [1.54, 1.807) is 36.4 Å². The van der Waals surface area contributed by atoms with Gasteiger partial charge in [0, 0.05) is 5.56 Å². The molecule has 0 aliphatic carbocycles. The molecular formula is C15H13NO4S. The van der Waals surface area contributed by atoms with Crippen LogP contribution < -0.4 is 10.1 Å². The fourth-order valence-electron chi connectivity index (χ4n) is 1.56. The Labute approximate surface area is 125 Å². The van der Waals surface area contributed by atoms with Crippen molar-refractivity contribution in [2.24, 2.45) is 0 Å². The average Bonchev–Trinajstić information content (AvgIpc) is 2.94. The topological polar surface area (TPSA) is 75.6 Å². The van der Waals surface area contributed by atoms with E-state index in [0.29, 0.717) is 22.9 Å². The van der Waals surface area contributed by atoms with Gasteiger partial charge < -0.3 is 15.2 Å². The van der Waals surface area contributed by atoms with E-state index in [4.69, 9.17) is 9.84 Å². The number of nitrogens with one attached hydrogen (secondary N) is 1. The zero-order valence-electron chi connectivity index (χ0n) is 11.0. The second kappa shape index (κ2) is 6.71. The molecule has 1 aromatic heterocycles. The molecule has 2 N–H and O–H groups in total. The van der Waals surface area contributed by atoms with Crippen LogP contribution >= 0.6 is 11.3 Å². The Morgan fingerprint density at radius 2 is 1.95 bits per heavy atom. The number of carbonyl (C=O) groups is 2. The number of aromatic carboxylic acids is 1. The normalized spacial score (nSPS) is 9.90. The van der Waals surface area contributed by atoms with Crippen molar-refractivity contribution in [1.82, 2.24) is 0 Å². The molecule has 6 heteroatoms. The summed E-state index contributed by atoms with van der Waals surface area (Å²) in [6, 6.07) is 9.67. The molecule has 2 aromatic rings. The lowest BCUT2D eigenvalue weighted by Gasteiger charge is -2.05. The minimum atomic E-state index is -1.01. The summed E-state index contributed by atoms with van der Waals surface area (Å²) < 4.78 is 5.32. The molecule has 1 amide bonds. The third-order valence-electron chi connectivity index (χ3n) is 2.54. The van der Waals surface area contributed by atoms with Crippen LogP contribution in [0.25, 0.3) is 0 Å². The van der Waals surface area contributed by atoms with Gasteiger partial charge in [-0.05, 0) is 36.4 Å². The fraction of sp³-hybridized carbons (Fsp3) is 0.0667. The molecular weight excluding hydrogens is 290 g/mol. The van der Waals surface area contributed by atoms with Crippen molar-refractivity contribution in [2.45, 2.75) is 0 Å². The van der Waals surface area contributed by atoms with Gasteiger partial charge in [-0.25, -0.2) is 4.79 Å². The Morgan fingerprint density at radius 3 is 2.52 bits per heavy atom. The second-order valence-corrected chi connectivity index (χ2v) is 5.13. The molecule has 0 aliphatic heterocycles. The van der Waals surface area contributed by atoms with Crippen LogP contribution in [0.3, 0.4) is 0 Å². The van der Waals surface area contributed by atoms with Gasteiger partial charge in [0.15, 0.2) is 0 Å². The molecule has 1 aromatic carbocycles. The Kier molecular flexibility index (Phi) is 4.73. The van der Waals surface area contributed by atoms with E-state index < -0.39 is 5.97 Å². The summed E-state index contributed by atoms with van der Waals surface area (Å²) in [4.78, 5) is 23.0. The Bertz CT molecular complexity index is 661. The summed E-state index contributed by atoms with van der Waals surface area (Å²) in [5.41, 5.74) is 0.464. The maximum Gasteiger partial charge on any atom is 0.345 e. The molecule has 0 unspecified atom stereocenters. The summed E-state index contributed by atoms with van der Waals surface area (Å²) in [7, 11) is 0. The molecule has 0 saturated carbocycles. The quantitative estimate of drug-likeness (QED) is 0.803. The summed E-state index contributed by atoms with van der Waals surface area (Å²) in [6.07, 6.45) is 1.64. The number of carbonyl (C=O) groups excluding carboxylic acids is 1. The minimum Gasteiger partial charge on any atom is -0.490 e. The van der Waals surface area contributed by atoms with Crippen molar-refractivity contribution in [1.29, 1.82) is 0 Å². The zero-order chi connectivity index (χ0) is 15.2. The first-order valence-corrected chi connectivity index (χ1v) is 6.90. The second-order valence-electron chi connectivity index (χ2n) is 4.05. The van der Waals surface area contributed by atoms with Crippen molar-refractivity contribution in [3.05, 3.63) is 59.5 Å². The average molecular weight is 303 g/mol. The predicted octanol–water partition coefficient (Wildman–Crippen LogP) is 3.26. The zero-order valence-corrected chi connectivity index (χ0v) is 11.9. The van der Waals surface area contributed by atoms with Gasteiger partial charge in [0.25, 0.3) is 5.91 Å². The Hall–Kier alpha value is -2.60. The third kappa shape index (κ3) is 3.93. The molecule has 5 nitrogen and oxygen atoms in total. The smallest absolute Gasteiger partial charge is 0.345 e. The summed E-state index contributed by atoms with van der Waals surface area (Å²) in [6.45, 7) is 3.95. The van der Waals surface area contributed by atoms with E-state index in [1.807, 2.05) is 0 Å². The van der Waals surface area contributed by atoms with Crippen molar-refractivity contribution in [3.63, 3.8) is 0 Å². The molecule has 0 spiro atoms. The predicted molar refractivity (Wildman–Crippen MR) is 81.4 cm³/mol. The van der Waals surface area contributed by atoms with Crippen LogP contribution in [0, 0.1) is 0 Å². The first-order chi connectivity index (χ1) is 10.1. The van der Waals surface area contributed by atoms with Gasteiger partial charge in [0.2, 0.25) is 0 Å². The van der Waals surface area contributed by atoms with Crippen LogP contribution in [0.2, 0.25) is 0 Å². The number of amides is 1. The summed E-state index contributed by atoms with van der Waals surface area (Å²) in [5.74, 6) is -0.663. The number of hydrogen-bond donors (Lipinski definition) is 2. The minimum absolute atomic E-state index is 0.179. The van der Waals surface area contributed by atoms with E-state index in [2.05, 4.69) is 11.9 Å². The number of ether oxygens (including phenoxy) is 1. The molecule has 0 saturated heterocycles. The highest BCUT2D eigenvalue weighted by Crippen LogP contribution is 2.22. The van der Waals surface area contributed by atoms with Crippen LogP contribution in [0.1, 0.15) is 20.0 Å². The van der Waals surface area contributed by atoms with Crippen molar-refractivity contribution < 1.29 is 19.4 Å². The molecule has 0 bridgehead atoms. The monoisotopic (exact) mass is 303 g/mol. The lowest BCUT2D eigenvalue weighted by Crippen LogP contribution is -2.10. The van der Waals surface area contributed by atoms with Crippen LogP contribution in [0.4, 0.5) is 5.00 Å². The van der Waals surface area contributed by atoms with Gasteiger partial charge in [0.05, 0.1) is 5.00 Å². The molecule has 0 radical (unpaired) electrons. The number of rotatable bonds is 6. The largest absolute Gasteiger partial charge is 0.490 e. The van der Waals surface area contributed by atoms with Crippen molar-refractivity contribution in [2.75, 3.05) is 11.9 Å². The molecule has 21 heavy (non-hydrogen) atoms. The standard InChI is InChI=1S/C15H13NO4S/c1-2-9-20-11-5-3-10(4-6-11)14(17)16-13-8-7-12(21-13)15(18)19/h2-8H,1,9H2,(H,16,17)(H,18,19). The van der Waals surface area contributed by atoms with E-state index >= 15 is 0 Å². The molecule has 0 aliphatic rings. The van der Waals surface area contributed by atoms with Crippen LogP contribution in [0.5, 0.6) is 5.75 Å². The lowest BCUT2D eigenvalue weighted by molar-refractivity contribution is 0.0702. The Balaban J connectivity index is 2.02. The van der Waals surface area contributed by atoms with E-state index in [1.165, 1.54) is 6.07 Å². The number of anilines is 1. The van der Waals surface area contributed by atoms with Gasteiger partial charge in [0.1, 0.15) is 17.2 Å². The van der Waals surface area contributed by atoms with E-state index in [-0.39, 0.29) is 10.8 Å². The van der Waals surface area contributed by atoms with Gasteiger partial charge in [-0.3, -0.25) is 4.79 Å². The van der Waals surface area contributed by atoms with Crippen LogP contribution in [-0.2, 0) is 0 Å². The maximum atomic E-state index is 12.0. The molecule has 0 atom stereocenters. The number of hydrogen-bond acceptors (Lipinski definition) is 4. The number of carboxylic acids is 1. The van der Waals surface area contributed by atoms with Crippen molar-refractivity contribution in [3.8, 4) is 5.75 Å². The highest BCUT2D eigenvalue weighted by molar-refractivity contribution is 7.18. The molecule has 108 valence electrons. The highest BCUT2D eigenvalue weighted by Gasteiger charge is 2.10. The lowest BCUT2D eigenvalue weighted by atomic mass is 10.2. The molecule has 2 rings (SSSR count). The first kappa shape index (κ1) is 14.8. The molecule has 1 heterocycles. The highest BCUT2D eigenvalue weighted by atomic mass is 32.1. The van der Waals surface area contributed by atoms with Crippen molar-refractivity contribution >= 4 is 28.2 Å². The van der Waals surface area contributed by atoms with Crippen LogP contribution in [-0.4, -0.2) is 23.6 Å². The maximum absolute atomic E-state index is 12.0. The third-order valence-corrected chi connectivity index (χ3v) is 3.53. The van der Waals surface area contributed by atoms with Gasteiger partial charge >= 0.3 is 5.97 Å². The summed E-state index contributed by atoms with van der Waals surface area (Å²) in [5, 5.41) is 12.0. The SMILES string of the molecule is C=CCOc1ccc(C(=O)Nc2ccc(C(=O)O)s2)cc1. The number of benzene rings is 1. The van der Waals surface area contributed by atoms with E-state index in [9.17, 15) is 9.59 Å². The van der Waals surface area contributed by atoms with Gasteiger partial charge in [-0.15, -0.1) is 11.3 Å². The Morgan fingerprint density at radius 1 is 1.24 bits per heavy atom. The van der Waals surface area contributed by atoms with Crippen LogP contribution in [0.15, 0.2) is 49.1 Å². The molecule has 0 fully saturated rings. The first-order valence-electron chi connectivity index (χ1n) is 6.08. The fourth-order valence-corrected chi connectivity index (χ4v) is 2.30. The van der Waals surface area contributed by atoms with Gasteiger partial charge in [-0.1, -0.05) is 12.7 Å².